The minimum absolute atomic E-state index is 0.704. The summed E-state index contributed by atoms with van der Waals surface area (Å²) in [6, 6.07) is 17.9. The van der Waals surface area contributed by atoms with Gasteiger partial charge in [0, 0.05) is 32.8 Å². The zero-order chi connectivity index (χ0) is 15.4. The molecule has 2 nitrogen and oxygen atoms in total. The molecule has 4 heterocycles. The summed E-state index contributed by atoms with van der Waals surface area (Å²) < 4.78 is 3.83. The van der Waals surface area contributed by atoms with Crippen LogP contribution >= 0.6 is 22.6 Å². The fourth-order valence-electron chi connectivity index (χ4n) is 4.38. The summed E-state index contributed by atoms with van der Waals surface area (Å²) in [4.78, 5) is 2.63. The molecule has 0 radical (unpaired) electrons. The first-order chi connectivity index (χ1) is 11.3. The molecule has 3 aromatic rings. The van der Waals surface area contributed by atoms with Crippen molar-refractivity contribution in [1.29, 1.82) is 0 Å². The molecule has 1 aromatic heterocycles. The molecule has 0 unspecified atom stereocenters. The van der Waals surface area contributed by atoms with Crippen molar-refractivity contribution in [2.45, 2.75) is 25.3 Å². The zero-order valence-corrected chi connectivity index (χ0v) is 15.2. The van der Waals surface area contributed by atoms with Crippen molar-refractivity contribution in [3.8, 4) is 5.69 Å². The lowest BCUT2D eigenvalue weighted by Crippen LogP contribution is -2.29. The first kappa shape index (κ1) is 14.1. The van der Waals surface area contributed by atoms with Crippen LogP contribution in [0.15, 0.2) is 48.5 Å². The zero-order valence-electron chi connectivity index (χ0n) is 13.0. The van der Waals surface area contributed by atoms with E-state index >= 15 is 0 Å². The van der Waals surface area contributed by atoms with Gasteiger partial charge in [-0.05, 0) is 84.4 Å². The van der Waals surface area contributed by atoms with E-state index in [-0.39, 0.29) is 0 Å². The molecule has 2 bridgehead atoms. The SMILES string of the molecule is Ic1ccc(-n2c3c(c4ccccc42)CN2CCC3CC2)cc1. The Balaban J connectivity index is 1.85. The predicted octanol–water partition coefficient (Wildman–Crippen LogP) is 4.93. The number of benzene rings is 2. The fourth-order valence-corrected chi connectivity index (χ4v) is 4.74. The van der Waals surface area contributed by atoms with E-state index in [1.54, 1.807) is 11.3 Å². The Morgan fingerprint density at radius 1 is 0.913 bits per heavy atom. The highest BCUT2D eigenvalue weighted by molar-refractivity contribution is 14.1. The van der Waals surface area contributed by atoms with Crippen molar-refractivity contribution in [3.63, 3.8) is 0 Å². The summed E-state index contributed by atoms with van der Waals surface area (Å²) in [7, 11) is 0. The van der Waals surface area contributed by atoms with Gasteiger partial charge in [-0.1, -0.05) is 18.2 Å². The van der Waals surface area contributed by atoms with Crippen LogP contribution < -0.4 is 0 Å². The number of halogens is 1. The molecule has 3 aliphatic rings. The summed E-state index contributed by atoms with van der Waals surface area (Å²) in [5.74, 6) is 0.704. The summed E-state index contributed by atoms with van der Waals surface area (Å²) >= 11 is 2.38. The van der Waals surface area contributed by atoms with Gasteiger partial charge in [0.05, 0.1) is 5.52 Å². The number of aromatic nitrogens is 1. The number of piperidine rings is 1. The van der Waals surface area contributed by atoms with E-state index in [9.17, 15) is 0 Å². The lowest BCUT2D eigenvalue weighted by Gasteiger charge is -2.27. The standard InChI is InChI=1S/C20H19IN2/c21-15-5-7-16(8-6-15)23-19-4-2-1-3-17(19)18-13-22-11-9-14(10-12-22)20(18)23/h1-8,14H,9-13H2. The second-order valence-corrected chi connectivity index (χ2v) is 7.99. The van der Waals surface area contributed by atoms with Gasteiger partial charge in [-0.15, -0.1) is 0 Å². The predicted molar refractivity (Wildman–Crippen MR) is 103 cm³/mol. The molecule has 0 aliphatic carbocycles. The van der Waals surface area contributed by atoms with Crippen LogP contribution in [-0.4, -0.2) is 22.6 Å². The third-order valence-corrected chi connectivity index (χ3v) is 6.18. The van der Waals surface area contributed by atoms with E-state index in [0.29, 0.717) is 5.92 Å². The number of nitrogens with zero attached hydrogens (tertiary/aromatic N) is 2. The van der Waals surface area contributed by atoms with E-state index in [1.807, 2.05) is 0 Å². The van der Waals surface area contributed by atoms with Gasteiger partial charge in [0.25, 0.3) is 0 Å². The Morgan fingerprint density at radius 3 is 2.43 bits per heavy atom. The molecule has 3 heteroatoms. The monoisotopic (exact) mass is 414 g/mol. The molecule has 0 atom stereocenters. The Morgan fingerprint density at radius 2 is 1.65 bits per heavy atom. The highest BCUT2D eigenvalue weighted by Crippen LogP contribution is 2.42. The van der Waals surface area contributed by atoms with Crippen molar-refractivity contribution in [1.82, 2.24) is 9.47 Å². The van der Waals surface area contributed by atoms with Gasteiger partial charge >= 0.3 is 0 Å². The number of para-hydroxylation sites is 1. The summed E-state index contributed by atoms with van der Waals surface area (Å²) in [6.07, 6.45) is 2.60. The summed E-state index contributed by atoms with van der Waals surface area (Å²) in [5, 5.41) is 1.44. The van der Waals surface area contributed by atoms with Gasteiger partial charge < -0.3 is 4.57 Å². The Hall–Kier alpha value is -1.33. The maximum absolute atomic E-state index is 2.63. The average Bonchev–Trinajstić information content (AvgIpc) is 2.71. The van der Waals surface area contributed by atoms with Crippen LogP contribution in [0.1, 0.15) is 30.0 Å². The van der Waals surface area contributed by atoms with Gasteiger partial charge in [0.15, 0.2) is 0 Å². The van der Waals surface area contributed by atoms with E-state index in [2.05, 4.69) is 80.6 Å². The van der Waals surface area contributed by atoms with Crippen molar-refractivity contribution in [2.24, 2.45) is 0 Å². The van der Waals surface area contributed by atoms with Crippen LogP contribution in [0.3, 0.4) is 0 Å². The van der Waals surface area contributed by atoms with Crippen LogP contribution in [-0.2, 0) is 6.54 Å². The second-order valence-electron chi connectivity index (χ2n) is 6.74. The molecule has 1 fully saturated rings. The maximum Gasteiger partial charge on any atom is 0.0534 e. The van der Waals surface area contributed by atoms with Crippen LogP contribution in [0.5, 0.6) is 0 Å². The molecule has 6 rings (SSSR count). The van der Waals surface area contributed by atoms with Crippen LogP contribution in [0.4, 0.5) is 0 Å². The molecule has 3 aliphatic heterocycles. The molecule has 0 spiro atoms. The van der Waals surface area contributed by atoms with E-state index in [1.165, 1.54) is 46.1 Å². The van der Waals surface area contributed by atoms with Crippen molar-refractivity contribution < 1.29 is 0 Å². The number of hydrogen-bond donors (Lipinski definition) is 0. The topological polar surface area (TPSA) is 8.17 Å². The van der Waals surface area contributed by atoms with E-state index in [4.69, 9.17) is 0 Å². The summed E-state index contributed by atoms with van der Waals surface area (Å²) in [5.41, 5.74) is 5.82. The Kier molecular flexibility index (Phi) is 3.27. The van der Waals surface area contributed by atoms with Crippen LogP contribution in [0.25, 0.3) is 16.6 Å². The first-order valence-corrected chi connectivity index (χ1v) is 9.49. The number of rotatable bonds is 1. The molecule has 1 saturated heterocycles. The Labute approximate surface area is 150 Å². The average molecular weight is 414 g/mol. The lowest BCUT2D eigenvalue weighted by atomic mass is 9.94. The van der Waals surface area contributed by atoms with Gasteiger partial charge in [0.2, 0.25) is 0 Å². The molecule has 2 aromatic carbocycles. The quantitative estimate of drug-likeness (QED) is 0.513. The van der Waals surface area contributed by atoms with Gasteiger partial charge in [-0.3, -0.25) is 4.90 Å². The summed E-state index contributed by atoms with van der Waals surface area (Å²) in [6.45, 7) is 3.62. The smallest absolute Gasteiger partial charge is 0.0534 e. The highest BCUT2D eigenvalue weighted by Gasteiger charge is 2.32. The van der Waals surface area contributed by atoms with Crippen LogP contribution in [0, 0.1) is 3.57 Å². The number of hydrogen-bond acceptors (Lipinski definition) is 1. The molecule has 0 amide bonds. The first-order valence-electron chi connectivity index (χ1n) is 8.42. The second kappa shape index (κ2) is 5.35. The van der Waals surface area contributed by atoms with E-state index in [0.717, 1.165) is 6.54 Å². The minimum atomic E-state index is 0.704. The van der Waals surface area contributed by atoms with Crippen molar-refractivity contribution >= 4 is 33.5 Å². The third-order valence-electron chi connectivity index (χ3n) is 5.46. The molecular weight excluding hydrogens is 395 g/mol. The fraction of sp³-hybridized carbons (Fsp3) is 0.300. The number of fused-ring (bicyclic) bond motifs is 3. The minimum Gasteiger partial charge on any atom is -0.313 e. The molecule has 23 heavy (non-hydrogen) atoms. The Bertz CT molecular complexity index is 871. The third kappa shape index (κ3) is 2.17. The molecule has 116 valence electrons. The van der Waals surface area contributed by atoms with Crippen LogP contribution in [0.2, 0.25) is 0 Å². The van der Waals surface area contributed by atoms with E-state index < -0.39 is 0 Å². The largest absolute Gasteiger partial charge is 0.313 e. The van der Waals surface area contributed by atoms with Gasteiger partial charge in [-0.2, -0.15) is 0 Å². The molecular formula is C20H19IN2. The van der Waals surface area contributed by atoms with Gasteiger partial charge in [0.1, 0.15) is 0 Å². The molecule has 0 saturated carbocycles. The normalized spacial score (nSPS) is 23.0. The maximum atomic E-state index is 2.63. The lowest BCUT2D eigenvalue weighted by molar-refractivity contribution is 0.220. The van der Waals surface area contributed by atoms with Crippen molar-refractivity contribution in [2.75, 3.05) is 13.1 Å². The molecule has 0 N–H and O–H groups in total. The van der Waals surface area contributed by atoms with Gasteiger partial charge in [-0.25, -0.2) is 0 Å². The van der Waals surface area contributed by atoms with Crippen molar-refractivity contribution in [3.05, 3.63) is 63.4 Å². The highest BCUT2D eigenvalue weighted by atomic mass is 127.